The predicted molar refractivity (Wildman–Crippen MR) is 88.2 cm³/mol. The molecule has 0 spiro atoms. The van der Waals surface area contributed by atoms with Gasteiger partial charge < -0.3 is 16.0 Å². The Labute approximate surface area is 127 Å². The Morgan fingerprint density at radius 3 is 2.95 bits per heavy atom. The average molecular weight is 289 g/mol. The summed E-state index contributed by atoms with van der Waals surface area (Å²) in [4.78, 5) is 14.3. The van der Waals surface area contributed by atoms with Gasteiger partial charge in [0.2, 0.25) is 5.91 Å². The van der Waals surface area contributed by atoms with E-state index in [1.54, 1.807) is 6.07 Å². The maximum absolute atomic E-state index is 12.0. The van der Waals surface area contributed by atoms with E-state index < -0.39 is 0 Å². The summed E-state index contributed by atoms with van der Waals surface area (Å²) in [5.74, 6) is 0.864. The molecule has 1 saturated carbocycles. The Balaban J connectivity index is 1.75. The van der Waals surface area contributed by atoms with Gasteiger partial charge in [-0.05, 0) is 44.0 Å². The minimum absolute atomic E-state index is 0.0521. The summed E-state index contributed by atoms with van der Waals surface area (Å²) < 4.78 is 0. The molecule has 1 aliphatic carbocycles. The summed E-state index contributed by atoms with van der Waals surface area (Å²) in [6.45, 7) is 3.14. The number of nitrogen functional groups attached to an aromatic ring is 1. The molecule has 1 aromatic carbocycles. The second-order valence-electron chi connectivity index (χ2n) is 6.33. The Hall–Kier alpha value is -1.55. The number of nitrogens with zero attached hydrogens (tertiary/aromatic N) is 1. The van der Waals surface area contributed by atoms with Gasteiger partial charge in [-0.1, -0.05) is 25.8 Å². The van der Waals surface area contributed by atoms with Crippen LogP contribution in [0.5, 0.6) is 0 Å². The fourth-order valence-corrected chi connectivity index (χ4v) is 3.10. The number of hydrogen-bond acceptors (Lipinski definition) is 3. The van der Waals surface area contributed by atoms with Crippen LogP contribution in [0.1, 0.15) is 39.0 Å². The topological polar surface area (TPSA) is 58.4 Å². The highest BCUT2D eigenvalue weighted by atomic mass is 16.1. The molecule has 2 rings (SSSR count). The number of nitrogens with two attached hydrogens (primary N) is 1. The second kappa shape index (κ2) is 7.46. The molecule has 0 radical (unpaired) electrons. The minimum atomic E-state index is 0.0521. The van der Waals surface area contributed by atoms with Crippen molar-refractivity contribution in [1.82, 2.24) is 4.90 Å². The summed E-state index contributed by atoms with van der Waals surface area (Å²) in [5, 5.41) is 2.90. The van der Waals surface area contributed by atoms with E-state index >= 15 is 0 Å². The van der Waals surface area contributed by atoms with Crippen molar-refractivity contribution in [3.63, 3.8) is 0 Å². The molecule has 0 aromatic heterocycles. The molecule has 116 valence electrons. The van der Waals surface area contributed by atoms with E-state index in [9.17, 15) is 4.79 Å². The quantitative estimate of drug-likeness (QED) is 0.819. The summed E-state index contributed by atoms with van der Waals surface area (Å²) in [5.41, 5.74) is 7.15. The lowest BCUT2D eigenvalue weighted by Gasteiger charge is -2.34. The van der Waals surface area contributed by atoms with Crippen LogP contribution in [0.25, 0.3) is 0 Å². The third-order valence-electron chi connectivity index (χ3n) is 4.39. The molecule has 1 fully saturated rings. The number of hydrogen-bond donors (Lipinski definition) is 2. The highest BCUT2D eigenvalue weighted by Gasteiger charge is 2.22. The van der Waals surface area contributed by atoms with E-state index in [0.29, 0.717) is 18.2 Å². The molecule has 1 aliphatic rings. The van der Waals surface area contributed by atoms with Crippen LogP contribution in [0, 0.1) is 5.92 Å². The van der Waals surface area contributed by atoms with Crippen LogP contribution in [0.15, 0.2) is 24.3 Å². The van der Waals surface area contributed by atoms with Crippen LogP contribution in [0.2, 0.25) is 0 Å². The lowest BCUT2D eigenvalue weighted by molar-refractivity contribution is -0.116. The van der Waals surface area contributed by atoms with Crippen LogP contribution in [-0.2, 0) is 4.79 Å². The van der Waals surface area contributed by atoms with Crippen molar-refractivity contribution in [3.05, 3.63) is 24.3 Å². The van der Waals surface area contributed by atoms with Crippen LogP contribution in [0.3, 0.4) is 0 Å². The first-order valence-corrected chi connectivity index (χ1v) is 7.90. The zero-order valence-electron chi connectivity index (χ0n) is 13.1. The summed E-state index contributed by atoms with van der Waals surface area (Å²) in [6, 6.07) is 7.94. The number of rotatable bonds is 5. The molecular formula is C17H27N3O. The first kappa shape index (κ1) is 15.8. The Bertz CT molecular complexity index is 475. The Morgan fingerprint density at radius 2 is 2.24 bits per heavy atom. The van der Waals surface area contributed by atoms with Crippen molar-refractivity contribution in [2.75, 3.05) is 24.6 Å². The molecule has 4 heteroatoms. The monoisotopic (exact) mass is 289 g/mol. The van der Waals surface area contributed by atoms with Gasteiger partial charge >= 0.3 is 0 Å². The molecule has 2 atom stereocenters. The van der Waals surface area contributed by atoms with Crippen molar-refractivity contribution in [2.45, 2.75) is 45.1 Å². The van der Waals surface area contributed by atoms with Crippen molar-refractivity contribution < 1.29 is 4.79 Å². The number of nitrogens with one attached hydrogen (secondary N) is 1. The van der Waals surface area contributed by atoms with Gasteiger partial charge in [-0.2, -0.15) is 0 Å². The van der Waals surface area contributed by atoms with E-state index in [2.05, 4.69) is 24.2 Å². The zero-order valence-corrected chi connectivity index (χ0v) is 13.1. The van der Waals surface area contributed by atoms with Gasteiger partial charge in [0.25, 0.3) is 0 Å². The molecular weight excluding hydrogens is 262 g/mol. The average Bonchev–Trinajstić information content (AvgIpc) is 2.45. The lowest BCUT2D eigenvalue weighted by atomic mass is 9.86. The molecule has 21 heavy (non-hydrogen) atoms. The van der Waals surface area contributed by atoms with Crippen molar-refractivity contribution in [3.8, 4) is 0 Å². The largest absolute Gasteiger partial charge is 0.399 e. The van der Waals surface area contributed by atoms with Gasteiger partial charge in [0.15, 0.2) is 0 Å². The van der Waals surface area contributed by atoms with Gasteiger partial charge in [-0.25, -0.2) is 0 Å². The Kier molecular flexibility index (Phi) is 5.62. The minimum Gasteiger partial charge on any atom is -0.399 e. The van der Waals surface area contributed by atoms with Crippen molar-refractivity contribution >= 4 is 17.3 Å². The van der Waals surface area contributed by atoms with Gasteiger partial charge in [0.1, 0.15) is 0 Å². The number of benzene rings is 1. The van der Waals surface area contributed by atoms with E-state index in [4.69, 9.17) is 5.73 Å². The van der Waals surface area contributed by atoms with Crippen molar-refractivity contribution in [1.29, 1.82) is 0 Å². The third kappa shape index (κ3) is 5.05. The molecule has 2 unspecified atom stereocenters. The van der Waals surface area contributed by atoms with Crippen LogP contribution >= 0.6 is 0 Å². The predicted octanol–water partition coefficient (Wildman–Crippen LogP) is 3.11. The van der Waals surface area contributed by atoms with E-state index in [1.165, 1.54) is 25.7 Å². The fourth-order valence-electron chi connectivity index (χ4n) is 3.10. The molecule has 0 saturated heterocycles. The molecule has 1 amide bonds. The highest BCUT2D eigenvalue weighted by molar-refractivity contribution is 5.91. The van der Waals surface area contributed by atoms with Crippen molar-refractivity contribution in [2.24, 2.45) is 5.92 Å². The van der Waals surface area contributed by atoms with E-state index in [1.807, 2.05) is 18.2 Å². The zero-order chi connectivity index (χ0) is 15.2. The molecule has 4 nitrogen and oxygen atoms in total. The smallest absolute Gasteiger partial charge is 0.225 e. The highest BCUT2D eigenvalue weighted by Crippen LogP contribution is 2.26. The number of amides is 1. The van der Waals surface area contributed by atoms with Gasteiger partial charge in [0, 0.05) is 30.4 Å². The van der Waals surface area contributed by atoms with Gasteiger partial charge in [-0.15, -0.1) is 0 Å². The van der Waals surface area contributed by atoms with Gasteiger partial charge in [-0.3, -0.25) is 4.79 Å². The molecule has 0 aliphatic heterocycles. The maximum atomic E-state index is 12.0. The normalized spacial score (nSPS) is 22.2. The molecule has 0 heterocycles. The van der Waals surface area contributed by atoms with Crippen LogP contribution in [-0.4, -0.2) is 30.4 Å². The number of carbonyl (C=O) groups is 1. The maximum Gasteiger partial charge on any atom is 0.225 e. The van der Waals surface area contributed by atoms with E-state index in [-0.39, 0.29) is 5.91 Å². The summed E-state index contributed by atoms with van der Waals surface area (Å²) in [7, 11) is 2.14. The van der Waals surface area contributed by atoms with Gasteiger partial charge in [0.05, 0.1) is 0 Å². The first-order chi connectivity index (χ1) is 10.0. The van der Waals surface area contributed by atoms with Crippen LogP contribution in [0.4, 0.5) is 11.4 Å². The summed E-state index contributed by atoms with van der Waals surface area (Å²) >= 11 is 0. The fraction of sp³-hybridized carbons (Fsp3) is 0.588. The Morgan fingerprint density at radius 1 is 1.43 bits per heavy atom. The molecule has 3 N–H and O–H groups in total. The van der Waals surface area contributed by atoms with E-state index in [0.717, 1.165) is 18.2 Å². The second-order valence-corrected chi connectivity index (χ2v) is 6.33. The number of carbonyl (C=O) groups excluding carboxylic acids is 1. The SMILES string of the molecule is CC1CCCC(N(C)CCC(=O)Nc2cccc(N)c2)C1. The lowest BCUT2D eigenvalue weighted by Crippen LogP contribution is -2.37. The summed E-state index contributed by atoms with van der Waals surface area (Å²) in [6.07, 6.45) is 5.70. The molecule has 1 aromatic rings. The first-order valence-electron chi connectivity index (χ1n) is 7.90. The number of anilines is 2. The molecule has 0 bridgehead atoms. The standard InChI is InChI=1S/C17H27N3O/c1-13-5-3-8-16(11-13)20(2)10-9-17(21)19-15-7-4-6-14(18)12-15/h4,6-7,12-13,16H,3,5,8-11,18H2,1-2H3,(H,19,21). The van der Waals surface area contributed by atoms with Crippen LogP contribution < -0.4 is 11.1 Å². The third-order valence-corrected chi connectivity index (χ3v) is 4.39.